The van der Waals surface area contributed by atoms with Gasteiger partial charge in [-0.3, -0.25) is 4.79 Å². The topological polar surface area (TPSA) is 32.8 Å². The Bertz CT molecular complexity index is 757. The molecule has 0 atom stereocenters. The SMILES string of the molecule is O=C(COCc1ccccc1)N1CCN(c2ccccc2C(F)(F)F)CC1. The largest absolute Gasteiger partial charge is 0.418 e. The average Bonchev–Trinajstić information content (AvgIpc) is 2.68. The molecule has 7 heteroatoms. The van der Waals surface area contributed by atoms with Gasteiger partial charge in [-0.05, 0) is 17.7 Å². The Morgan fingerprint density at radius 1 is 0.926 bits per heavy atom. The third-order valence-corrected chi connectivity index (χ3v) is 4.52. The summed E-state index contributed by atoms with van der Waals surface area (Å²) in [5.74, 6) is -0.144. The number of alkyl halides is 3. The van der Waals surface area contributed by atoms with Crippen LogP contribution in [0.2, 0.25) is 0 Å². The summed E-state index contributed by atoms with van der Waals surface area (Å²) < 4.78 is 45.0. The highest BCUT2D eigenvalue weighted by atomic mass is 19.4. The molecule has 0 aromatic heterocycles. The number of hydrogen-bond donors (Lipinski definition) is 0. The molecule has 0 N–H and O–H groups in total. The quantitative estimate of drug-likeness (QED) is 0.798. The number of hydrogen-bond acceptors (Lipinski definition) is 3. The summed E-state index contributed by atoms with van der Waals surface area (Å²) in [6, 6.07) is 15.1. The van der Waals surface area contributed by atoms with Crippen LogP contribution in [-0.2, 0) is 22.3 Å². The van der Waals surface area contributed by atoms with Crippen LogP contribution in [0.25, 0.3) is 0 Å². The van der Waals surface area contributed by atoms with E-state index < -0.39 is 11.7 Å². The molecule has 2 aromatic carbocycles. The van der Waals surface area contributed by atoms with Crippen molar-refractivity contribution in [2.24, 2.45) is 0 Å². The summed E-state index contributed by atoms with van der Waals surface area (Å²) >= 11 is 0. The highest BCUT2D eigenvalue weighted by molar-refractivity contribution is 5.77. The van der Waals surface area contributed by atoms with Crippen LogP contribution in [0.3, 0.4) is 0 Å². The molecule has 4 nitrogen and oxygen atoms in total. The summed E-state index contributed by atoms with van der Waals surface area (Å²) in [4.78, 5) is 15.6. The van der Waals surface area contributed by atoms with Gasteiger partial charge in [-0.1, -0.05) is 42.5 Å². The van der Waals surface area contributed by atoms with Gasteiger partial charge in [0.2, 0.25) is 5.91 Å². The van der Waals surface area contributed by atoms with Gasteiger partial charge in [0.1, 0.15) is 6.61 Å². The Hall–Kier alpha value is -2.54. The number of anilines is 1. The van der Waals surface area contributed by atoms with Crippen molar-refractivity contribution in [3.05, 3.63) is 65.7 Å². The minimum Gasteiger partial charge on any atom is -0.367 e. The number of rotatable bonds is 5. The van der Waals surface area contributed by atoms with Crippen molar-refractivity contribution in [3.63, 3.8) is 0 Å². The molecule has 0 unspecified atom stereocenters. The lowest BCUT2D eigenvalue weighted by molar-refractivity contribution is -0.138. The first-order valence-corrected chi connectivity index (χ1v) is 8.76. The first-order chi connectivity index (χ1) is 12.9. The van der Waals surface area contributed by atoms with E-state index in [0.29, 0.717) is 32.8 Å². The average molecular weight is 378 g/mol. The lowest BCUT2D eigenvalue weighted by atomic mass is 10.1. The van der Waals surface area contributed by atoms with E-state index in [1.54, 1.807) is 15.9 Å². The Balaban J connectivity index is 1.51. The zero-order chi connectivity index (χ0) is 19.3. The molecule has 1 aliphatic rings. The number of piperazine rings is 1. The third kappa shape index (κ3) is 5.01. The van der Waals surface area contributed by atoms with Crippen molar-refractivity contribution < 1.29 is 22.7 Å². The van der Waals surface area contributed by atoms with Gasteiger partial charge in [-0.2, -0.15) is 13.2 Å². The van der Waals surface area contributed by atoms with Crippen LogP contribution in [0.15, 0.2) is 54.6 Å². The zero-order valence-corrected chi connectivity index (χ0v) is 14.8. The van der Waals surface area contributed by atoms with Crippen LogP contribution in [0.5, 0.6) is 0 Å². The number of carbonyl (C=O) groups is 1. The summed E-state index contributed by atoms with van der Waals surface area (Å²) in [7, 11) is 0. The highest BCUT2D eigenvalue weighted by Crippen LogP contribution is 2.36. The van der Waals surface area contributed by atoms with Gasteiger partial charge < -0.3 is 14.5 Å². The van der Waals surface area contributed by atoms with E-state index in [9.17, 15) is 18.0 Å². The van der Waals surface area contributed by atoms with Gasteiger partial charge in [-0.25, -0.2) is 0 Å². The molecule has 0 spiro atoms. The first-order valence-electron chi connectivity index (χ1n) is 8.76. The number of halogens is 3. The molecule has 144 valence electrons. The van der Waals surface area contributed by atoms with E-state index in [-0.39, 0.29) is 18.2 Å². The predicted octanol–water partition coefficient (Wildman–Crippen LogP) is 3.57. The number of carbonyl (C=O) groups excluding carboxylic acids is 1. The first kappa shape index (κ1) is 19.2. The van der Waals surface area contributed by atoms with Gasteiger partial charge in [0.15, 0.2) is 0 Å². The van der Waals surface area contributed by atoms with E-state index in [4.69, 9.17) is 4.74 Å². The molecule has 1 amide bonds. The minimum atomic E-state index is -4.39. The maximum absolute atomic E-state index is 13.2. The van der Waals surface area contributed by atoms with E-state index >= 15 is 0 Å². The van der Waals surface area contributed by atoms with Crippen molar-refractivity contribution in [3.8, 4) is 0 Å². The normalized spacial score (nSPS) is 15.1. The summed E-state index contributed by atoms with van der Waals surface area (Å²) in [6.45, 7) is 1.79. The second-order valence-corrected chi connectivity index (χ2v) is 6.36. The Morgan fingerprint density at radius 3 is 2.22 bits per heavy atom. The zero-order valence-electron chi connectivity index (χ0n) is 14.8. The fourth-order valence-corrected chi connectivity index (χ4v) is 3.11. The second-order valence-electron chi connectivity index (χ2n) is 6.36. The summed E-state index contributed by atoms with van der Waals surface area (Å²) in [6.07, 6.45) is -4.39. The molecule has 0 saturated carbocycles. The Morgan fingerprint density at radius 2 is 1.56 bits per heavy atom. The highest BCUT2D eigenvalue weighted by Gasteiger charge is 2.35. The van der Waals surface area contributed by atoms with E-state index in [1.807, 2.05) is 30.3 Å². The van der Waals surface area contributed by atoms with Crippen molar-refractivity contribution in [2.45, 2.75) is 12.8 Å². The molecule has 0 bridgehead atoms. The molecule has 2 aromatic rings. The second kappa shape index (κ2) is 8.43. The number of benzene rings is 2. The number of ether oxygens (including phenoxy) is 1. The molecule has 27 heavy (non-hydrogen) atoms. The van der Waals surface area contributed by atoms with Crippen LogP contribution >= 0.6 is 0 Å². The van der Waals surface area contributed by atoms with Gasteiger partial charge >= 0.3 is 6.18 Å². The van der Waals surface area contributed by atoms with E-state index in [1.165, 1.54) is 12.1 Å². The maximum Gasteiger partial charge on any atom is 0.418 e. The molecule has 1 saturated heterocycles. The van der Waals surface area contributed by atoms with Crippen LogP contribution in [0.4, 0.5) is 18.9 Å². The smallest absolute Gasteiger partial charge is 0.367 e. The Labute approximate surface area is 156 Å². The summed E-state index contributed by atoms with van der Waals surface area (Å²) in [5.41, 5.74) is 0.507. The minimum absolute atomic E-state index is 0.0337. The molecule has 1 heterocycles. The van der Waals surface area contributed by atoms with Crippen molar-refractivity contribution in [1.29, 1.82) is 0 Å². The van der Waals surface area contributed by atoms with Crippen molar-refractivity contribution in [2.75, 3.05) is 37.7 Å². The number of amides is 1. The van der Waals surface area contributed by atoms with Gasteiger partial charge in [-0.15, -0.1) is 0 Å². The fraction of sp³-hybridized carbons (Fsp3) is 0.350. The maximum atomic E-state index is 13.2. The molecule has 1 aliphatic heterocycles. The fourth-order valence-electron chi connectivity index (χ4n) is 3.11. The lowest BCUT2D eigenvalue weighted by Gasteiger charge is -2.37. The standard InChI is InChI=1S/C20H21F3N2O2/c21-20(22,23)17-8-4-5-9-18(17)24-10-12-25(13-11-24)19(26)15-27-14-16-6-2-1-3-7-16/h1-9H,10-15H2. The Kier molecular flexibility index (Phi) is 6.01. The van der Waals surface area contributed by atoms with E-state index in [0.717, 1.165) is 11.6 Å². The predicted molar refractivity (Wildman–Crippen MR) is 96.3 cm³/mol. The van der Waals surface area contributed by atoms with Gasteiger partial charge in [0.25, 0.3) is 0 Å². The molecule has 1 fully saturated rings. The van der Waals surface area contributed by atoms with Crippen LogP contribution in [0, 0.1) is 0 Å². The molecule has 0 aliphatic carbocycles. The van der Waals surface area contributed by atoms with Gasteiger partial charge in [0.05, 0.1) is 12.2 Å². The summed E-state index contributed by atoms with van der Waals surface area (Å²) in [5, 5.41) is 0. The van der Waals surface area contributed by atoms with Gasteiger partial charge in [0, 0.05) is 31.9 Å². The van der Waals surface area contributed by atoms with E-state index in [2.05, 4.69) is 0 Å². The monoisotopic (exact) mass is 378 g/mol. The number of nitrogens with zero attached hydrogens (tertiary/aromatic N) is 2. The van der Waals surface area contributed by atoms with Crippen molar-refractivity contribution >= 4 is 11.6 Å². The molecule has 3 rings (SSSR count). The van der Waals surface area contributed by atoms with Crippen LogP contribution < -0.4 is 4.90 Å². The van der Waals surface area contributed by atoms with Crippen LogP contribution in [-0.4, -0.2) is 43.6 Å². The number of para-hydroxylation sites is 1. The van der Waals surface area contributed by atoms with Crippen molar-refractivity contribution in [1.82, 2.24) is 4.90 Å². The third-order valence-electron chi connectivity index (χ3n) is 4.52. The molecular formula is C20H21F3N2O2. The van der Waals surface area contributed by atoms with Crippen LogP contribution in [0.1, 0.15) is 11.1 Å². The molecular weight excluding hydrogens is 357 g/mol. The molecule has 0 radical (unpaired) electrons. The lowest BCUT2D eigenvalue weighted by Crippen LogP contribution is -2.50.